The van der Waals surface area contributed by atoms with E-state index in [-0.39, 0.29) is 24.0 Å². The van der Waals surface area contributed by atoms with Gasteiger partial charge in [-0.3, -0.25) is 24.4 Å². The second kappa shape index (κ2) is 14.2. The number of hydrogen-bond donors (Lipinski definition) is 1. The number of amides is 1. The Hall–Kier alpha value is -4.22. The van der Waals surface area contributed by atoms with Crippen LogP contribution in [-0.2, 0) is 33.8 Å². The van der Waals surface area contributed by atoms with Crippen molar-refractivity contribution < 1.29 is 23.8 Å². The summed E-state index contributed by atoms with van der Waals surface area (Å²) in [5.41, 5.74) is 7.42. The van der Waals surface area contributed by atoms with E-state index in [4.69, 9.17) is 47.4 Å². The van der Waals surface area contributed by atoms with Gasteiger partial charge in [0, 0.05) is 61.4 Å². The molecule has 0 unspecified atom stereocenters. The third-order valence-corrected chi connectivity index (χ3v) is 10.6. The fraction of sp³-hybridized carbons (Fsp3) is 0.368. The summed E-state index contributed by atoms with van der Waals surface area (Å²) in [5.74, 6) is 1.13. The van der Waals surface area contributed by atoms with Gasteiger partial charge in [0.05, 0.1) is 54.8 Å². The number of carbonyl (C=O) groups excluding carboxylic acids is 2. The molecule has 2 fully saturated rings. The average molecular weight is 717 g/mol. The number of nitrogens with one attached hydrogen (secondary N) is 1. The van der Waals surface area contributed by atoms with Gasteiger partial charge in [0.15, 0.2) is 0 Å². The number of fused-ring (bicyclic) bond motifs is 1. The maximum Gasteiger partial charge on any atom is 0.320 e. The Kier molecular flexibility index (Phi) is 9.72. The SMILES string of the molecule is CCOC(=O)CN1CCc2c(cc(-c3cccc(-c4cccc(-c5cnc(CN6CC7(CCC(=O)N7)C6)c(OC)n5)c4Cl)c3Cl)cc2OC)C1. The third kappa shape index (κ3) is 6.65. The first-order chi connectivity index (χ1) is 24.2. The summed E-state index contributed by atoms with van der Waals surface area (Å²) in [4.78, 5) is 37.8. The molecular formula is C38H39Cl2N5O5. The first kappa shape index (κ1) is 34.2. The monoisotopic (exact) mass is 715 g/mol. The van der Waals surface area contributed by atoms with Crippen LogP contribution in [0.4, 0.5) is 0 Å². The van der Waals surface area contributed by atoms with Crippen LogP contribution in [0.5, 0.6) is 11.6 Å². The van der Waals surface area contributed by atoms with Crippen LogP contribution < -0.4 is 14.8 Å². The number of aromatic nitrogens is 2. The largest absolute Gasteiger partial charge is 0.496 e. The molecule has 260 valence electrons. The zero-order valence-electron chi connectivity index (χ0n) is 28.4. The van der Waals surface area contributed by atoms with Crippen molar-refractivity contribution in [2.24, 2.45) is 0 Å². The van der Waals surface area contributed by atoms with Crippen molar-refractivity contribution in [1.82, 2.24) is 25.1 Å². The maximum atomic E-state index is 12.2. The maximum absolute atomic E-state index is 12.2. The van der Waals surface area contributed by atoms with E-state index in [1.807, 2.05) is 49.4 Å². The lowest BCUT2D eigenvalue weighted by Gasteiger charge is -2.47. The fourth-order valence-corrected chi connectivity index (χ4v) is 8.08. The lowest BCUT2D eigenvalue weighted by Crippen LogP contribution is -2.66. The molecule has 0 atom stereocenters. The summed E-state index contributed by atoms with van der Waals surface area (Å²) in [5, 5.41) is 4.17. The number of nitrogens with zero attached hydrogens (tertiary/aromatic N) is 4. The molecule has 0 radical (unpaired) electrons. The molecule has 50 heavy (non-hydrogen) atoms. The van der Waals surface area contributed by atoms with E-state index in [0.717, 1.165) is 77.3 Å². The molecule has 7 rings (SSSR count). The molecule has 4 heterocycles. The van der Waals surface area contributed by atoms with Crippen molar-refractivity contribution in [2.45, 2.75) is 44.8 Å². The predicted octanol–water partition coefficient (Wildman–Crippen LogP) is 6.19. The lowest BCUT2D eigenvalue weighted by atomic mass is 9.88. The molecule has 3 aliphatic rings. The molecule has 12 heteroatoms. The number of ether oxygens (including phenoxy) is 3. The van der Waals surface area contributed by atoms with Gasteiger partial charge in [-0.2, -0.15) is 0 Å². The van der Waals surface area contributed by atoms with E-state index < -0.39 is 0 Å². The standard InChI is InChI=1S/C38H39Cl2N5O5/c1-4-50-34(47)20-44-14-12-25-24(18-44)15-23(16-32(25)48-2)26-7-5-8-27(35(26)39)28-9-6-10-29(36(28)40)30-17-41-31(37(42-30)49-3)19-45-21-38(22-45)13-11-33(46)43-38/h5-10,15-17H,4,11-14,18-22H2,1-3H3,(H,43,46). The molecule has 3 aliphatic heterocycles. The highest BCUT2D eigenvalue weighted by Crippen LogP contribution is 2.44. The third-order valence-electron chi connectivity index (χ3n) is 9.79. The molecule has 1 aromatic heterocycles. The van der Waals surface area contributed by atoms with Gasteiger partial charge in [-0.15, -0.1) is 0 Å². The van der Waals surface area contributed by atoms with Gasteiger partial charge in [0.1, 0.15) is 11.4 Å². The number of likely N-dealkylation sites (tertiary alicyclic amines) is 1. The molecule has 1 N–H and O–H groups in total. The summed E-state index contributed by atoms with van der Waals surface area (Å²) in [6.45, 7) is 5.89. The van der Waals surface area contributed by atoms with Crippen molar-refractivity contribution in [2.75, 3.05) is 47.0 Å². The number of halogens is 2. The van der Waals surface area contributed by atoms with E-state index in [1.54, 1.807) is 20.4 Å². The Balaban J connectivity index is 1.15. The fourth-order valence-electron chi connectivity index (χ4n) is 7.42. The molecule has 2 saturated heterocycles. The lowest BCUT2D eigenvalue weighted by molar-refractivity contribution is -0.144. The van der Waals surface area contributed by atoms with Crippen LogP contribution in [0.3, 0.4) is 0 Å². The molecule has 3 aromatic carbocycles. The Bertz CT molecular complexity index is 1960. The van der Waals surface area contributed by atoms with Gasteiger partial charge in [0.25, 0.3) is 0 Å². The van der Waals surface area contributed by atoms with Crippen LogP contribution in [0.25, 0.3) is 33.5 Å². The van der Waals surface area contributed by atoms with Crippen molar-refractivity contribution in [3.8, 4) is 45.1 Å². The van der Waals surface area contributed by atoms with Crippen LogP contribution in [0.1, 0.15) is 36.6 Å². The summed E-state index contributed by atoms with van der Waals surface area (Å²) < 4.78 is 16.7. The van der Waals surface area contributed by atoms with Crippen molar-refractivity contribution in [3.63, 3.8) is 0 Å². The molecular weight excluding hydrogens is 677 g/mol. The van der Waals surface area contributed by atoms with E-state index in [0.29, 0.717) is 53.3 Å². The number of hydrogen-bond acceptors (Lipinski definition) is 9. The number of benzene rings is 3. The highest BCUT2D eigenvalue weighted by Gasteiger charge is 2.47. The van der Waals surface area contributed by atoms with E-state index in [1.165, 1.54) is 0 Å². The van der Waals surface area contributed by atoms with Crippen LogP contribution in [0, 0.1) is 0 Å². The van der Waals surface area contributed by atoms with Crippen LogP contribution in [0.15, 0.2) is 54.7 Å². The Morgan fingerprint density at radius 3 is 2.36 bits per heavy atom. The first-order valence-corrected chi connectivity index (χ1v) is 17.6. The minimum Gasteiger partial charge on any atom is -0.496 e. The highest BCUT2D eigenvalue weighted by atomic mass is 35.5. The Morgan fingerprint density at radius 1 is 0.960 bits per heavy atom. The Labute approximate surface area is 301 Å². The van der Waals surface area contributed by atoms with Crippen molar-refractivity contribution in [3.05, 3.63) is 81.6 Å². The molecule has 1 amide bonds. The summed E-state index contributed by atoms with van der Waals surface area (Å²) in [6.07, 6.45) is 3.94. The first-order valence-electron chi connectivity index (χ1n) is 16.8. The highest BCUT2D eigenvalue weighted by molar-refractivity contribution is 6.39. The van der Waals surface area contributed by atoms with Crippen LogP contribution in [0.2, 0.25) is 10.0 Å². The number of rotatable bonds is 10. The summed E-state index contributed by atoms with van der Waals surface area (Å²) in [7, 11) is 3.26. The summed E-state index contributed by atoms with van der Waals surface area (Å²) >= 11 is 14.3. The number of carbonyl (C=O) groups is 2. The zero-order chi connectivity index (χ0) is 35.0. The zero-order valence-corrected chi connectivity index (χ0v) is 29.9. The topological polar surface area (TPSA) is 106 Å². The average Bonchev–Trinajstić information content (AvgIpc) is 3.49. The van der Waals surface area contributed by atoms with E-state index in [9.17, 15) is 9.59 Å². The molecule has 0 saturated carbocycles. The second-order valence-electron chi connectivity index (χ2n) is 13.1. The van der Waals surface area contributed by atoms with Crippen molar-refractivity contribution in [1.29, 1.82) is 0 Å². The second-order valence-corrected chi connectivity index (χ2v) is 13.9. The Morgan fingerprint density at radius 2 is 1.68 bits per heavy atom. The predicted molar refractivity (Wildman–Crippen MR) is 192 cm³/mol. The van der Waals surface area contributed by atoms with Crippen LogP contribution in [-0.4, -0.2) is 84.2 Å². The molecule has 0 aliphatic carbocycles. The van der Waals surface area contributed by atoms with Gasteiger partial charge >= 0.3 is 5.97 Å². The molecule has 0 bridgehead atoms. The van der Waals surface area contributed by atoms with Gasteiger partial charge in [0.2, 0.25) is 11.8 Å². The van der Waals surface area contributed by atoms with Crippen LogP contribution >= 0.6 is 23.2 Å². The quantitative estimate of drug-likeness (QED) is 0.193. The van der Waals surface area contributed by atoms with Gasteiger partial charge in [-0.05, 0) is 48.6 Å². The molecule has 10 nitrogen and oxygen atoms in total. The smallest absolute Gasteiger partial charge is 0.320 e. The molecule has 1 spiro atoms. The number of methoxy groups -OCH3 is 2. The van der Waals surface area contributed by atoms with Gasteiger partial charge < -0.3 is 19.5 Å². The van der Waals surface area contributed by atoms with Gasteiger partial charge in [-0.1, -0.05) is 59.6 Å². The van der Waals surface area contributed by atoms with Crippen molar-refractivity contribution >= 4 is 35.1 Å². The van der Waals surface area contributed by atoms with E-state index >= 15 is 0 Å². The van der Waals surface area contributed by atoms with Gasteiger partial charge in [-0.25, -0.2) is 4.98 Å². The number of esters is 1. The molecule has 4 aromatic rings. The minimum absolute atomic E-state index is 0.108. The normalized spacial score (nSPS) is 16.9. The van der Waals surface area contributed by atoms with E-state index in [2.05, 4.69) is 21.2 Å². The summed E-state index contributed by atoms with van der Waals surface area (Å²) in [6, 6.07) is 15.8. The minimum atomic E-state index is -0.226.